The van der Waals surface area contributed by atoms with Crippen molar-refractivity contribution in [2.75, 3.05) is 26.7 Å². The predicted octanol–water partition coefficient (Wildman–Crippen LogP) is 3.12. The number of benzene rings is 1. The molecule has 1 aliphatic rings. The Balaban J connectivity index is 1.97. The van der Waals surface area contributed by atoms with Crippen LogP contribution in [0.25, 0.3) is 0 Å². The number of rotatable bonds is 5. The van der Waals surface area contributed by atoms with Gasteiger partial charge in [-0.2, -0.15) is 0 Å². The van der Waals surface area contributed by atoms with Gasteiger partial charge in [0.05, 0.1) is 7.11 Å². The van der Waals surface area contributed by atoms with Crippen LogP contribution in [0.2, 0.25) is 0 Å². The van der Waals surface area contributed by atoms with Crippen LogP contribution in [0.1, 0.15) is 37.8 Å². The van der Waals surface area contributed by atoms with Crippen molar-refractivity contribution in [3.05, 3.63) is 40.6 Å². The van der Waals surface area contributed by atoms with E-state index in [2.05, 4.69) is 16.8 Å². The molecule has 130 valence electrons. The molecule has 0 bridgehead atoms. The van der Waals surface area contributed by atoms with E-state index in [1.807, 2.05) is 32.0 Å². The number of hydrogen-bond acceptors (Lipinski definition) is 4. The van der Waals surface area contributed by atoms with Crippen molar-refractivity contribution in [2.24, 2.45) is 10.7 Å². The van der Waals surface area contributed by atoms with Gasteiger partial charge in [-0.25, -0.2) is 4.99 Å². The normalized spacial score (nSPS) is 16.4. The van der Waals surface area contributed by atoms with Gasteiger partial charge in [0.1, 0.15) is 11.6 Å². The van der Waals surface area contributed by atoms with E-state index in [0.717, 1.165) is 54.3 Å². The number of methoxy groups -OCH3 is 1. The van der Waals surface area contributed by atoms with E-state index in [1.54, 1.807) is 7.11 Å². The summed E-state index contributed by atoms with van der Waals surface area (Å²) in [5, 5.41) is 8.16. The summed E-state index contributed by atoms with van der Waals surface area (Å²) in [5.41, 5.74) is 11.2. The van der Waals surface area contributed by atoms with Crippen LogP contribution in [0.3, 0.4) is 0 Å². The molecular weight excluding hydrogens is 300 g/mol. The summed E-state index contributed by atoms with van der Waals surface area (Å²) in [6, 6.07) is 5.91. The van der Waals surface area contributed by atoms with Crippen LogP contribution in [-0.2, 0) is 0 Å². The third kappa shape index (κ3) is 4.45. The molecule has 0 fully saturated rings. The lowest BCUT2D eigenvalue weighted by Crippen LogP contribution is -2.35. The minimum absolute atomic E-state index is 0.402. The average molecular weight is 328 g/mol. The van der Waals surface area contributed by atoms with Gasteiger partial charge in [0.25, 0.3) is 0 Å². The molecule has 0 radical (unpaired) electrons. The first-order valence-electron chi connectivity index (χ1n) is 8.35. The molecule has 0 aliphatic carbocycles. The Morgan fingerprint density at radius 1 is 1.38 bits per heavy atom. The lowest BCUT2D eigenvalue weighted by atomic mass is 10.0. The number of ether oxygens (including phenoxy) is 1. The van der Waals surface area contributed by atoms with Gasteiger partial charge in [-0.05, 0) is 33.3 Å². The zero-order chi connectivity index (χ0) is 17.7. The van der Waals surface area contributed by atoms with Crippen LogP contribution in [0.5, 0.6) is 5.75 Å². The van der Waals surface area contributed by atoms with E-state index < -0.39 is 0 Å². The lowest BCUT2D eigenvalue weighted by Gasteiger charge is -2.27. The minimum Gasteiger partial charge on any atom is -0.496 e. The first-order valence-corrected chi connectivity index (χ1v) is 8.35. The van der Waals surface area contributed by atoms with Gasteiger partial charge in [-0.3, -0.25) is 10.3 Å². The van der Waals surface area contributed by atoms with Crippen molar-refractivity contribution < 1.29 is 4.74 Å². The van der Waals surface area contributed by atoms with Gasteiger partial charge in [0, 0.05) is 48.6 Å². The Labute approximate surface area is 144 Å². The molecule has 1 aromatic carbocycles. The van der Waals surface area contributed by atoms with Crippen LogP contribution < -0.4 is 10.5 Å². The standard InChI is InChI=1S/C19H28N4O/c1-13-8-10-23(12-17(13)20)11-9-19(21)22-15(3)16-6-5-7-18(24-4)14(16)2/h5-7,21H,8-12,20H2,1-4H3. The van der Waals surface area contributed by atoms with Gasteiger partial charge in [-0.15, -0.1) is 0 Å². The molecule has 0 unspecified atom stereocenters. The van der Waals surface area contributed by atoms with Gasteiger partial charge in [0.15, 0.2) is 0 Å². The first kappa shape index (κ1) is 18.2. The molecule has 0 aromatic heterocycles. The molecule has 1 aromatic rings. The quantitative estimate of drug-likeness (QED) is 0.644. The number of nitrogens with zero attached hydrogens (tertiary/aromatic N) is 2. The third-order valence-corrected chi connectivity index (χ3v) is 4.61. The van der Waals surface area contributed by atoms with E-state index in [0.29, 0.717) is 12.3 Å². The monoisotopic (exact) mass is 328 g/mol. The summed E-state index contributed by atoms with van der Waals surface area (Å²) >= 11 is 0. The van der Waals surface area contributed by atoms with Crippen LogP contribution in [0.4, 0.5) is 0 Å². The van der Waals surface area contributed by atoms with E-state index in [4.69, 9.17) is 15.9 Å². The van der Waals surface area contributed by atoms with Crippen LogP contribution in [0.15, 0.2) is 34.5 Å². The Kier molecular flexibility index (Phi) is 6.15. The first-order chi connectivity index (χ1) is 11.4. The van der Waals surface area contributed by atoms with Gasteiger partial charge in [0.2, 0.25) is 0 Å². The van der Waals surface area contributed by atoms with Crippen LogP contribution in [-0.4, -0.2) is 43.2 Å². The lowest BCUT2D eigenvalue weighted by molar-refractivity contribution is 0.292. The van der Waals surface area contributed by atoms with Crippen molar-refractivity contribution in [3.63, 3.8) is 0 Å². The zero-order valence-electron chi connectivity index (χ0n) is 15.1. The molecule has 24 heavy (non-hydrogen) atoms. The fourth-order valence-electron chi connectivity index (χ4n) is 2.94. The molecule has 2 rings (SSSR count). The molecule has 0 saturated heterocycles. The minimum atomic E-state index is 0.402. The highest BCUT2D eigenvalue weighted by molar-refractivity contribution is 6.06. The summed E-state index contributed by atoms with van der Waals surface area (Å²) in [6.45, 7) is 8.69. The summed E-state index contributed by atoms with van der Waals surface area (Å²) in [7, 11) is 1.67. The summed E-state index contributed by atoms with van der Waals surface area (Å²) in [5.74, 6) is 1.25. The molecule has 0 spiro atoms. The summed E-state index contributed by atoms with van der Waals surface area (Å²) in [4.78, 5) is 6.77. The maximum Gasteiger partial charge on any atom is 0.122 e. The summed E-state index contributed by atoms with van der Waals surface area (Å²) in [6.07, 6.45) is 1.65. The number of aliphatic imine (C=N–C) groups is 1. The molecule has 1 aliphatic heterocycles. The highest BCUT2D eigenvalue weighted by atomic mass is 16.5. The highest BCUT2D eigenvalue weighted by Gasteiger charge is 2.14. The SMILES string of the molecule is COc1cccc(C(C)=NC(=N)CCN2CCC(C)=C(N)C2)c1C. The van der Waals surface area contributed by atoms with Crippen molar-refractivity contribution in [1.29, 1.82) is 5.41 Å². The van der Waals surface area contributed by atoms with Gasteiger partial charge >= 0.3 is 0 Å². The maximum atomic E-state index is 8.16. The molecule has 0 amide bonds. The van der Waals surface area contributed by atoms with Crippen molar-refractivity contribution in [2.45, 2.75) is 33.6 Å². The van der Waals surface area contributed by atoms with Crippen molar-refractivity contribution in [3.8, 4) is 5.75 Å². The largest absolute Gasteiger partial charge is 0.496 e. The number of nitrogens with two attached hydrogens (primary N) is 1. The Bertz CT molecular complexity index is 676. The van der Waals surface area contributed by atoms with Gasteiger partial charge < -0.3 is 10.5 Å². The van der Waals surface area contributed by atoms with E-state index in [-0.39, 0.29) is 0 Å². The third-order valence-electron chi connectivity index (χ3n) is 4.61. The average Bonchev–Trinajstić information content (AvgIpc) is 2.56. The molecule has 3 N–H and O–H groups in total. The molecule has 1 heterocycles. The molecule has 0 saturated carbocycles. The molecule has 5 nitrogen and oxygen atoms in total. The molecular formula is C19H28N4O. The summed E-state index contributed by atoms with van der Waals surface area (Å²) < 4.78 is 5.35. The second-order valence-electron chi connectivity index (χ2n) is 6.36. The van der Waals surface area contributed by atoms with E-state index in [9.17, 15) is 0 Å². The zero-order valence-corrected chi connectivity index (χ0v) is 15.1. The van der Waals surface area contributed by atoms with E-state index in [1.165, 1.54) is 5.57 Å². The molecule has 0 atom stereocenters. The fraction of sp³-hybridized carbons (Fsp3) is 0.474. The number of amidine groups is 1. The molecule has 5 heteroatoms. The highest BCUT2D eigenvalue weighted by Crippen LogP contribution is 2.21. The second kappa shape index (κ2) is 8.11. The second-order valence-corrected chi connectivity index (χ2v) is 6.36. The number of hydrogen-bond donors (Lipinski definition) is 2. The smallest absolute Gasteiger partial charge is 0.122 e. The Hall–Kier alpha value is -2.14. The fourth-order valence-corrected chi connectivity index (χ4v) is 2.94. The van der Waals surface area contributed by atoms with Gasteiger partial charge in [-0.1, -0.05) is 17.7 Å². The maximum absolute atomic E-state index is 8.16. The van der Waals surface area contributed by atoms with E-state index >= 15 is 0 Å². The predicted molar refractivity (Wildman–Crippen MR) is 100 cm³/mol. The Morgan fingerprint density at radius 2 is 2.12 bits per heavy atom. The van der Waals surface area contributed by atoms with Crippen LogP contribution in [0, 0.1) is 12.3 Å². The Morgan fingerprint density at radius 3 is 2.79 bits per heavy atom. The van der Waals surface area contributed by atoms with Crippen molar-refractivity contribution in [1.82, 2.24) is 4.90 Å². The van der Waals surface area contributed by atoms with Crippen molar-refractivity contribution >= 4 is 11.5 Å². The topological polar surface area (TPSA) is 74.7 Å². The number of nitrogens with one attached hydrogen (secondary N) is 1. The van der Waals surface area contributed by atoms with Crippen LogP contribution >= 0.6 is 0 Å².